The Hall–Kier alpha value is -1.64. The fourth-order valence-electron chi connectivity index (χ4n) is 1.52. The van der Waals surface area contributed by atoms with Crippen molar-refractivity contribution in [1.29, 1.82) is 5.26 Å². The minimum atomic E-state index is 0.504. The van der Waals surface area contributed by atoms with Gasteiger partial charge in [0.1, 0.15) is 5.82 Å². The third kappa shape index (κ3) is 4.81. The van der Waals surface area contributed by atoms with Gasteiger partial charge in [-0.15, -0.1) is 0 Å². The lowest BCUT2D eigenvalue weighted by molar-refractivity contribution is 0.145. The molecule has 1 rings (SSSR count). The highest BCUT2D eigenvalue weighted by Crippen LogP contribution is 2.10. The lowest BCUT2D eigenvalue weighted by Gasteiger charge is -2.21. The molecule has 0 atom stereocenters. The third-order valence-electron chi connectivity index (χ3n) is 2.47. The first-order chi connectivity index (χ1) is 8.27. The Morgan fingerprint density at radius 3 is 3.00 bits per heavy atom. The molecule has 0 saturated carbocycles. The van der Waals surface area contributed by atoms with Crippen molar-refractivity contribution in [2.75, 3.05) is 32.5 Å². The zero-order valence-electron chi connectivity index (χ0n) is 10.1. The molecule has 17 heavy (non-hydrogen) atoms. The van der Waals surface area contributed by atoms with E-state index in [-0.39, 0.29) is 0 Å². The lowest BCUT2D eigenvalue weighted by Crippen LogP contribution is -2.28. The SMILES string of the molecule is COCCN(CCC#N)Cc1cccnc1N. The maximum Gasteiger partial charge on any atom is 0.127 e. The third-order valence-corrected chi connectivity index (χ3v) is 2.47. The zero-order chi connectivity index (χ0) is 12.5. The average molecular weight is 234 g/mol. The number of rotatable bonds is 7. The second-order valence-corrected chi connectivity index (χ2v) is 3.72. The topological polar surface area (TPSA) is 75.2 Å². The van der Waals surface area contributed by atoms with Crippen molar-refractivity contribution >= 4 is 5.82 Å². The van der Waals surface area contributed by atoms with Crippen molar-refractivity contribution in [3.8, 4) is 6.07 Å². The minimum Gasteiger partial charge on any atom is -0.383 e. The van der Waals surface area contributed by atoms with Gasteiger partial charge in [0.05, 0.1) is 12.7 Å². The Labute approximate surface area is 102 Å². The van der Waals surface area contributed by atoms with Crippen LogP contribution in [0.1, 0.15) is 12.0 Å². The Morgan fingerprint density at radius 2 is 2.35 bits per heavy atom. The second kappa shape index (κ2) is 7.60. The molecule has 0 amide bonds. The lowest BCUT2D eigenvalue weighted by atomic mass is 10.2. The molecule has 5 nitrogen and oxygen atoms in total. The standard InChI is InChI=1S/C12H18N4O/c1-17-9-8-16(7-3-5-13)10-11-4-2-6-15-12(11)14/h2,4,6H,3,7-10H2,1H3,(H2,14,15). The van der Waals surface area contributed by atoms with Gasteiger partial charge in [0, 0.05) is 44.9 Å². The van der Waals surface area contributed by atoms with Gasteiger partial charge in [-0.3, -0.25) is 4.90 Å². The van der Waals surface area contributed by atoms with Crippen LogP contribution >= 0.6 is 0 Å². The van der Waals surface area contributed by atoms with Crippen molar-refractivity contribution in [2.24, 2.45) is 0 Å². The van der Waals surface area contributed by atoms with E-state index >= 15 is 0 Å². The Morgan fingerprint density at radius 1 is 1.53 bits per heavy atom. The summed E-state index contributed by atoms with van der Waals surface area (Å²) in [7, 11) is 1.67. The summed E-state index contributed by atoms with van der Waals surface area (Å²) >= 11 is 0. The van der Waals surface area contributed by atoms with E-state index in [0.29, 0.717) is 31.9 Å². The molecule has 1 aromatic rings. The summed E-state index contributed by atoms with van der Waals surface area (Å²) in [5.41, 5.74) is 6.78. The van der Waals surface area contributed by atoms with Crippen LogP contribution in [0.4, 0.5) is 5.82 Å². The van der Waals surface area contributed by atoms with Crippen LogP contribution in [0.5, 0.6) is 0 Å². The molecule has 0 aromatic carbocycles. The van der Waals surface area contributed by atoms with Gasteiger partial charge in [0.15, 0.2) is 0 Å². The van der Waals surface area contributed by atoms with E-state index in [1.165, 1.54) is 0 Å². The number of hydrogen-bond acceptors (Lipinski definition) is 5. The van der Waals surface area contributed by atoms with Crippen molar-refractivity contribution < 1.29 is 4.74 Å². The van der Waals surface area contributed by atoms with Crippen molar-refractivity contribution in [2.45, 2.75) is 13.0 Å². The van der Waals surface area contributed by atoms with E-state index in [2.05, 4.69) is 16.0 Å². The van der Waals surface area contributed by atoms with Gasteiger partial charge in [-0.1, -0.05) is 6.07 Å². The van der Waals surface area contributed by atoms with Crippen LogP contribution in [-0.2, 0) is 11.3 Å². The maximum absolute atomic E-state index is 8.62. The predicted octanol–water partition coefficient (Wildman–Crippen LogP) is 1.03. The minimum absolute atomic E-state index is 0.504. The van der Waals surface area contributed by atoms with Crippen LogP contribution in [0, 0.1) is 11.3 Å². The largest absolute Gasteiger partial charge is 0.383 e. The van der Waals surface area contributed by atoms with E-state index < -0.39 is 0 Å². The first-order valence-corrected chi connectivity index (χ1v) is 5.55. The number of nitriles is 1. The van der Waals surface area contributed by atoms with Gasteiger partial charge in [-0.2, -0.15) is 5.26 Å². The van der Waals surface area contributed by atoms with Crippen molar-refractivity contribution in [3.05, 3.63) is 23.9 Å². The molecule has 0 aliphatic heterocycles. The molecule has 5 heteroatoms. The molecule has 0 radical (unpaired) electrons. The smallest absolute Gasteiger partial charge is 0.127 e. The number of aromatic nitrogens is 1. The maximum atomic E-state index is 8.62. The number of nitrogen functional groups attached to an aromatic ring is 1. The van der Waals surface area contributed by atoms with Crippen LogP contribution < -0.4 is 5.73 Å². The van der Waals surface area contributed by atoms with Crippen LogP contribution in [0.3, 0.4) is 0 Å². The van der Waals surface area contributed by atoms with Crippen LogP contribution in [0.2, 0.25) is 0 Å². The number of hydrogen-bond donors (Lipinski definition) is 1. The van der Waals surface area contributed by atoms with E-state index in [9.17, 15) is 0 Å². The summed E-state index contributed by atoms with van der Waals surface area (Å²) in [5, 5.41) is 8.62. The van der Waals surface area contributed by atoms with Gasteiger partial charge in [-0.05, 0) is 6.07 Å². The van der Waals surface area contributed by atoms with E-state index in [1.54, 1.807) is 13.3 Å². The Bertz CT molecular complexity index is 375. The molecular formula is C12H18N4O. The molecule has 0 fully saturated rings. The highest BCUT2D eigenvalue weighted by Gasteiger charge is 2.08. The predicted molar refractivity (Wildman–Crippen MR) is 66.0 cm³/mol. The number of nitrogens with two attached hydrogens (primary N) is 1. The van der Waals surface area contributed by atoms with Crippen molar-refractivity contribution in [3.63, 3.8) is 0 Å². The number of nitrogens with zero attached hydrogens (tertiary/aromatic N) is 3. The summed E-state index contributed by atoms with van der Waals surface area (Å²) in [4.78, 5) is 6.19. The van der Waals surface area contributed by atoms with Gasteiger partial charge < -0.3 is 10.5 Å². The summed E-state index contributed by atoms with van der Waals surface area (Å²) in [6.45, 7) is 2.84. The fraction of sp³-hybridized carbons (Fsp3) is 0.500. The summed E-state index contributed by atoms with van der Waals surface area (Å²) in [6.07, 6.45) is 2.18. The Kier molecular flexibility index (Phi) is 6.00. The molecular weight excluding hydrogens is 216 g/mol. The second-order valence-electron chi connectivity index (χ2n) is 3.72. The zero-order valence-corrected chi connectivity index (χ0v) is 10.1. The molecule has 92 valence electrons. The van der Waals surface area contributed by atoms with Gasteiger partial charge in [0.2, 0.25) is 0 Å². The van der Waals surface area contributed by atoms with Crippen molar-refractivity contribution in [1.82, 2.24) is 9.88 Å². The van der Waals surface area contributed by atoms with Gasteiger partial charge >= 0.3 is 0 Å². The monoisotopic (exact) mass is 234 g/mol. The quantitative estimate of drug-likeness (QED) is 0.762. The number of methoxy groups -OCH3 is 1. The van der Waals surface area contributed by atoms with E-state index in [0.717, 1.165) is 12.1 Å². The normalized spacial score (nSPS) is 10.4. The molecule has 0 saturated heterocycles. The molecule has 0 aliphatic carbocycles. The average Bonchev–Trinajstić information content (AvgIpc) is 2.35. The number of pyridine rings is 1. The highest BCUT2D eigenvalue weighted by atomic mass is 16.5. The molecule has 0 spiro atoms. The van der Waals surface area contributed by atoms with Crippen LogP contribution in [0.15, 0.2) is 18.3 Å². The fourth-order valence-corrected chi connectivity index (χ4v) is 1.52. The number of ether oxygens (including phenoxy) is 1. The molecule has 0 aliphatic rings. The summed E-state index contributed by atoms with van der Waals surface area (Å²) in [6, 6.07) is 5.96. The van der Waals surface area contributed by atoms with Crippen LogP contribution in [0.25, 0.3) is 0 Å². The highest BCUT2D eigenvalue weighted by molar-refractivity contribution is 5.38. The van der Waals surface area contributed by atoms with Gasteiger partial charge in [-0.25, -0.2) is 4.98 Å². The molecule has 0 unspecified atom stereocenters. The molecule has 1 aromatic heterocycles. The number of anilines is 1. The molecule has 1 heterocycles. The molecule has 2 N–H and O–H groups in total. The van der Waals surface area contributed by atoms with Crippen LogP contribution in [-0.4, -0.2) is 36.7 Å². The summed E-state index contributed by atoms with van der Waals surface area (Å²) < 4.78 is 5.05. The molecule has 0 bridgehead atoms. The summed E-state index contributed by atoms with van der Waals surface area (Å²) in [5.74, 6) is 0.548. The first kappa shape index (κ1) is 13.4. The van der Waals surface area contributed by atoms with E-state index in [4.69, 9.17) is 15.7 Å². The van der Waals surface area contributed by atoms with E-state index in [1.807, 2.05) is 12.1 Å². The van der Waals surface area contributed by atoms with Gasteiger partial charge in [0.25, 0.3) is 0 Å². The first-order valence-electron chi connectivity index (χ1n) is 5.55. The Balaban J connectivity index is 2.58.